The molecule has 1 rings (SSSR count). The Labute approximate surface area is 130 Å². The zero-order chi connectivity index (χ0) is 16.3. The van der Waals surface area contributed by atoms with Crippen LogP contribution in [0.2, 0.25) is 0 Å². The van der Waals surface area contributed by atoms with Crippen molar-refractivity contribution in [2.24, 2.45) is 0 Å². The number of nitrogens with one attached hydrogen (secondary N) is 1. The van der Waals surface area contributed by atoms with Gasteiger partial charge < -0.3 is 5.11 Å². The van der Waals surface area contributed by atoms with Crippen LogP contribution in [0.25, 0.3) is 0 Å². The highest BCUT2D eigenvalue weighted by Crippen LogP contribution is 2.24. The maximum Gasteiger partial charge on any atom is 0.324 e. The molecule has 0 radical (unpaired) electrons. The van der Waals surface area contributed by atoms with Crippen LogP contribution in [-0.2, 0) is 14.6 Å². The van der Waals surface area contributed by atoms with Crippen LogP contribution in [0.4, 0.5) is 0 Å². The summed E-state index contributed by atoms with van der Waals surface area (Å²) in [6.07, 6.45) is 1.16. The summed E-state index contributed by atoms with van der Waals surface area (Å²) in [6, 6.07) is 6.51. The number of benzene rings is 1. The fourth-order valence-corrected chi connectivity index (χ4v) is 3.43. The fourth-order valence-electron chi connectivity index (χ4n) is 1.81. The molecule has 0 aromatic heterocycles. The standard InChI is InChI=1S/C14H21NO4S2/c1-10(2)15-14(3,13(16)17)9-20-11-5-7-12(8-6-11)21(4,18)19/h5-8,10,15H,9H2,1-4H3,(H,16,17). The SMILES string of the molecule is CC(C)NC(C)(CSc1ccc(S(C)(=O)=O)cc1)C(=O)O. The van der Waals surface area contributed by atoms with Crippen LogP contribution in [0.5, 0.6) is 0 Å². The van der Waals surface area contributed by atoms with E-state index in [1.54, 1.807) is 19.1 Å². The Morgan fingerprint density at radius 2 is 1.86 bits per heavy atom. The molecule has 0 bridgehead atoms. The van der Waals surface area contributed by atoms with E-state index in [0.717, 1.165) is 11.2 Å². The van der Waals surface area contributed by atoms with Crippen molar-refractivity contribution >= 4 is 27.6 Å². The molecule has 7 heteroatoms. The average Bonchev–Trinajstić information content (AvgIpc) is 2.35. The summed E-state index contributed by atoms with van der Waals surface area (Å²) >= 11 is 1.38. The molecule has 0 saturated carbocycles. The third kappa shape index (κ3) is 5.33. The molecule has 1 unspecified atom stereocenters. The van der Waals surface area contributed by atoms with Gasteiger partial charge in [0.15, 0.2) is 9.84 Å². The van der Waals surface area contributed by atoms with Crippen molar-refractivity contribution in [2.75, 3.05) is 12.0 Å². The van der Waals surface area contributed by atoms with Crippen molar-refractivity contribution in [3.05, 3.63) is 24.3 Å². The third-order valence-corrected chi connectivity index (χ3v) is 5.31. The zero-order valence-electron chi connectivity index (χ0n) is 12.6. The second-order valence-corrected chi connectivity index (χ2v) is 8.53. The first-order chi connectivity index (χ1) is 9.54. The first-order valence-corrected chi connectivity index (χ1v) is 9.36. The van der Waals surface area contributed by atoms with E-state index in [0.29, 0.717) is 5.75 Å². The van der Waals surface area contributed by atoms with Crippen molar-refractivity contribution in [2.45, 2.75) is 42.1 Å². The number of aliphatic carboxylic acids is 1. The van der Waals surface area contributed by atoms with Gasteiger partial charge in [0.25, 0.3) is 0 Å². The van der Waals surface area contributed by atoms with Gasteiger partial charge in [0.1, 0.15) is 5.54 Å². The lowest BCUT2D eigenvalue weighted by atomic mass is 10.1. The highest BCUT2D eigenvalue weighted by molar-refractivity contribution is 7.99. The van der Waals surface area contributed by atoms with E-state index in [2.05, 4.69) is 5.32 Å². The molecule has 0 spiro atoms. The van der Waals surface area contributed by atoms with Crippen LogP contribution in [-0.4, -0.2) is 43.1 Å². The van der Waals surface area contributed by atoms with Gasteiger partial charge >= 0.3 is 5.97 Å². The van der Waals surface area contributed by atoms with Gasteiger partial charge in [-0.2, -0.15) is 0 Å². The molecule has 1 aromatic rings. The smallest absolute Gasteiger partial charge is 0.324 e. The summed E-state index contributed by atoms with van der Waals surface area (Å²) in [4.78, 5) is 12.5. The minimum atomic E-state index is -3.21. The van der Waals surface area contributed by atoms with Crippen molar-refractivity contribution in [3.63, 3.8) is 0 Å². The Morgan fingerprint density at radius 1 is 1.33 bits per heavy atom. The molecular formula is C14H21NO4S2. The molecular weight excluding hydrogens is 310 g/mol. The van der Waals surface area contributed by atoms with Gasteiger partial charge in [0.2, 0.25) is 0 Å². The van der Waals surface area contributed by atoms with Gasteiger partial charge in [-0.05, 0) is 45.0 Å². The lowest BCUT2D eigenvalue weighted by molar-refractivity contribution is -0.143. The molecule has 0 fully saturated rings. The number of thioether (sulfide) groups is 1. The Balaban J connectivity index is 2.79. The largest absolute Gasteiger partial charge is 0.480 e. The molecule has 2 N–H and O–H groups in total. The summed E-state index contributed by atoms with van der Waals surface area (Å²) in [7, 11) is -3.21. The maximum absolute atomic E-state index is 11.4. The van der Waals surface area contributed by atoms with Crippen LogP contribution < -0.4 is 5.32 Å². The quantitative estimate of drug-likeness (QED) is 0.744. The lowest BCUT2D eigenvalue weighted by Gasteiger charge is -2.28. The van der Waals surface area contributed by atoms with Gasteiger partial charge in [-0.25, -0.2) is 8.42 Å². The van der Waals surface area contributed by atoms with E-state index in [1.807, 2.05) is 13.8 Å². The Hall–Kier alpha value is -1.05. The van der Waals surface area contributed by atoms with E-state index < -0.39 is 21.3 Å². The van der Waals surface area contributed by atoms with Crippen molar-refractivity contribution < 1.29 is 18.3 Å². The van der Waals surface area contributed by atoms with Gasteiger partial charge in [-0.3, -0.25) is 10.1 Å². The van der Waals surface area contributed by atoms with Crippen LogP contribution in [0.3, 0.4) is 0 Å². The number of rotatable bonds is 7. The minimum Gasteiger partial charge on any atom is -0.480 e. The average molecular weight is 331 g/mol. The second-order valence-electron chi connectivity index (χ2n) is 5.47. The monoisotopic (exact) mass is 331 g/mol. The second kappa shape index (κ2) is 6.81. The summed E-state index contributed by atoms with van der Waals surface area (Å²) in [5, 5.41) is 12.4. The molecule has 0 aliphatic carbocycles. The van der Waals surface area contributed by atoms with Crippen LogP contribution in [0.15, 0.2) is 34.1 Å². The molecule has 1 aromatic carbocycles. The topological polar surface area (TPSA) is 83.5 Å². The predicted octanol–water partition coefficient (Wildman–Crippen LogP) is 2.02. The summed E-state index contributed by atoms with van der Waals surface area (Å²) in [5.74, 6) is -0.560. The Bertz CT molecular complexity index is 596. The molecule has 0 aliphatic rings. The maximum atomic E-state index is 11.4. The number of carbonyl (C=O) groups is 1. The summed E-state index contributed by atoms with van der Waals surface area (Å²) in [6.45, 7) is 5.44. The van der Waals surface area contributed by atoms with Crippen LogP contribution in [0.1, 0.15) is 20.8 Å². The van der Waals surface area contributed by atoms with Gasteiger partial charge in [-0.15, -0.1) is 11.8 Å². The Kier molecular flexibility index (Phi) is 5.83. The van der Waals surface area contributed by atoms with Crippen molar-refractivity contribution in [1.82, 2.24) is 5.32 Å². The van der Waals surface area contributed by atoms with E-state index in [-0.39, 0.29) is 10.9 Å². The molecule has 118 valence electrons. The molecule has 0 aliphatic heterocycles. The molecule has 0 saturated heterocycles. The van der Waals surface area contributed by atoms with E-state index in [9.17, 15) is 18.3 Å². The Morgan fingerprint density at radius 3 is 2.24 bits per heavy atom. The van der Waals surface area contributed by atoms with Crippen LogP contribution >= 0.6 is 11.8 Å². The summed E-state index contributed by atoms with van der Waals surface area (Å²) in [5.41, 5.74) is -1.03. The van der Waals surface area contributed by atoms with E-state index in [1.165, 1.54) is 23.9 Å². The highest BCUT2D eigenvalue weighted by atomic mass is 32.2. The number of sulfone groups is 1. The van der Waals surface area contributed by atoms with Crippen LogP contribution in [0, 0.1) is 0 Å². The molecule has 0 heterocycles. The number of carboxylic acids is 1. The van der Waals surface area contributed by atoms with Gasteiger partial charge in [0.05, 0.1) is 4.90 Å². The predicted molar refractivity (Wildman–Crippen MR) is 84.6 cm³/mol. The third-order valence-electron chi connectivity index (χ3n) is 2.86. The van der Waals surface area contributed by atoms with E-state index in [4.69, 9.17) is 0 Å². The molecule has 21 heavy (non-hydrogen) atoms. The molecule has 1 atom stereocenters. The molecule has 5 nitrogen and oxygen atoms in total. The van der Waals surface area contributed by atoms with Crippen molar-refractivity contribution in [3.8, 4) is 0 Å². The van der Waals surface area contributed by atoms with E-state index >= 15 is 0 Å². The number of hydrogen-bond acceptors (Lipinski definition) is 5. The van der Waals surface area contributed by atoms with Gasteiger partial charge in [-0.1, -0.05) is 0 Å². The highest BCUT2D eigenvalue weighted by Gasteiger charge is 2.33. The minimum absolute atomic E-state index is 0.0549. The van der Waals surface area contributed by atoms with Gasteiger partial charge in [0, 0.05) is 22.9 Å². The number of hydrogen-bond donors (Lipinski definition) is 2. The fraction of sp³-hybridized carbons (Fsp3) is 0.500. The first-order valence-electron chi connectivity index (χ1n) is 6.48. The van der Waals surface area contributed by atoms with Crippen molar-refractivity contribution in [1.29, 1.82) is 0 Å². The number of carboxylic acid groups (broad SMARTS) is 1. The normalized spacial score (nSPS) is 14.9. The summed E-state index contributed by atoms with van der Waals surface area (Å²) < 4.78 is 22.8. The molecule has 0 amide bonds. The zero-order valence-corrected chi connectivity index (χ0v) is 14.2. The lowest BCUT2D eigenvalue weighted by Crippen LogP contribution is -2.54. The first kappa shape index (κ1) is 18.0.